The van der Waals surface area contributed by atoms with Crippen LogP contribution in [-0.2, 0) is 57.5 Å². The molecule has 4 amide bonds. The third-order valence-electron chi connectivity index (χ3n) is 11.6. The fourth-order valence-corrected chi connectivity index (χ4v) is 7.78. The van der Waals surface area contributed by atoms with E-state index in [0.717, 1.165) is 6.92 Å². The summed E-state index contributed by atoms with van der Waals surface area (Å²) < 4.78 is 0. The van der Waals surface area contributed by atoms with Crippen LogP contribution in [0.3, 0.4) is 0 Å². The van der Waals surface area contributed by atoms with Crippen molar-refractivity contribution in [1.29, 1.82) is 0 Å². The maximum Gasteiger partial charge on any atom is 0.303 e. The molecule has 0 saturated heterocycles. The Morgan fingerprint density at radius 1 is 0.333 bits per heavy atom. The van der Waals surface area contributed by atoms with Crippen LogP contribution in [0.5, 0.6) is 0 Å². The van der Waals surface area contributed by atoms with E-state index >= 15 is 0 Å². The molecule has 0 aromatic carbocycles. The van der Waals surface area contributed by atoms with Crippen LogP contribution in [0.15, 0.2) is 0 Å². The summed E-state index contributed by atoms with van der Waals surface area (Å²) >= 11 is 0. The van der Waals surface area contributed by atoms with Gasteiger partial charge in [-0.1, -0.05) is 0 Å². The second-order valence-corrected chi connectivity index (χ2v) is 17.2. The Kier molecular flexibility index (Phi) is 27.9. The summed E-state index contributed by atoms with van der Waals surface area (Å²) in [6.07, 6.45) is -13.9. The highest BCUT2D eigenvalue weighted by Gasteiger charge is 2.40. The minimum atomic E-state index is -1.95. The first-order valence-electron chi connectivity index (χ1n) is 22.0. The molecule has 0 spiro atoms. The molecule has 0 aliphatic rings. The molecule has 0 radical (unpaired) electrons. The number of hydrazine groups is 1. The van der Waals surface area contributed by atoms with Gasteiger partial charge in [-0.05, 0) is 77.0 Å². The van der Waals surface area contributed by atoms with Gasteiger partial charge >= 0.3 is 47.8 Å². The van der Waals surface area contributed by atoms with Gasteiger partial charge in [-0.25, -0.2) is 5.43 Å². The van der Waals surface area contributed by atoms with Crippen LogP contribution < -0.4 is 26.8 Å². The first-order chi connectivity index (χ1) is 32.0. The van der Waals surface area contributed by atoms with Crippen molar-refractivity contribution in [3.8, 4) is 0 Å². The van der Waals surface area contributed by atoms with Crippen molar-refractivity contribution in [2.24, 2.45) is 0 Å². The van der Waals surface area contributed by atoms with Gasteiger partial charge in [-0.2, -0.15) is 0 Å². The Morgan fingerprint density at radius 2 is 0.536 bits per heavy atom. The predicted molar refractivity (Wildman–Crippen MR) is 232 cm³/mol. The van der Waals surface area contributed by atoms with Crippen molar-refractivity contribution in [2.75, 3.05) is 0 Å². The summed E-state index contributed by atoms with van der Waals surface area (Å²) in [6, 6.07) is 0. The van der Waals surface area contributed by atoms with Gasteiger partial charge in [0.1, 0.15) is 0 Å². The molecule has 0 atom stereocenters. The number of rotatable bonds is 41. The third kappa shape index (κ3) is 29.1. The lowest BCUT2D eigenvalue weighted by atomic mass is 9.81. The monoisotopic (exact) mass is 993 g/mol. The minimum Gasteiger partial charge on any atom is -0.481 e. The molecular weight excluding hydrogens is 926 g/mol. The Morgan fingerprint density at radius 3 is 0.725 bits per heavy atom. The van der Waals surface area contributed by atoms with E-state index in [9.17, 15) is 109 Å². The molecule has 15 N–H and O–H groups in total. The molecule has 392 valence electrons. The van der Waals surface area contributed by atoms with Crippen LogP contribution in [-0.4, -0.2) is 151 Å². The second kappa shape index (κ2) is 30.8. The van der Waals surface area contributed by atoms with Crippen molar-refractivity contribution in [2.45, 2.75) is 189 Å². The molecule has 0 rings (SSSR count). The van der Waals surface area contributed by atoms with Gasteiger partial charge in [0.05, 0.1) is 0 Å². The van der Waals surface area contributed by atoms with Gasteiger partial charge in [0.15, 0.2) is 6.29 Å². The Balaban J connectivity index is 7.46. The largest absolute Gasteiger partial charge is 0.481 e. The van der Waals surface area contributed by atoms with Crippen LogP contribution in [0.25, 0.3) is 0 Å². The molecule has 0 unspecified atom stereocenters. The van der Waals surface area contributed by atoms with E-state index in [0.29, 0.717) is 0 Å². The van der Waals surface area contributed by atoms with Gasteiger partial charge in [-0.15, -0.1) is 0 Å². The van der Waals surface area contributed by atoms with Gasteiger partial charge in [-0.3, -0.25) is 63.0 Å². The standard InChI is InChI=1S/C42H67N5O22/c1-26(48)46-47-42(14-2-27(49)43-39(17-5-30(52)53,18-6-31(54)55)19-7-32(56)57,15-3-28(50)44-40(20-8-33(58)59,21-9-34(60)61)22-10-35(62)63)16-4-29(51)45-41(23-11-36(64)65,24-12-37(66)67)25-13-38(68)69/h30,47,52-53H,2-25H2,1H3,(H,43,49)(H,44,50)(H,45,51)(H,46,48)(H,54,55)(H,56,57)(H,58,59)(H,60,61)(H,62,63)(H,64,65)(H,66,67)(H,68,69). The molecule has 0 aromatic heterocycles. The Bertz CT molecular complexity index is 1630. The van der Waals surface area contributed by atoms with Crippen LogP contribution in [0.1, 0.15) is 161 Å². The molecular formula is C42H67N5O22. The van der Waals surface area contributed by atoms with Crippen molar-refractivity contribution in [3.05, 3.63) is 0 Å². The molecule has 0 saturated carbocycles. The number of carboxylic acid groups (broad SMARTS) is 8. The van der Waals surface area contributed by atoms with Gasteiger partial charge in [0, 0.05) is 106 Å². The average molecular weight is 994 g/mol. The van der Waals surface area contributed by atoms with E-state index in [1.54, 1.807) is 0 Å². The zero-order valence-electron chi connectivity index (χ0n) is 38.4. The van der Waals surface area contributed by atoms with E-state index in [4.69, 9.17) is 0 Å². The fraction of sp³-hybridized carbons (Fsp3) is 0.714. The molecule has 0 aliphatic heterocycles. The van der Waals surface area contributed by atoms with E-state index in [1.165, 1.54) is 0 Å². The second-order valence-electron chi connectivity index (χ2n) is 17.2. The number of amides is 4. The smallest absolute Gasteiger partial charge is 0.303 e. The van der Waals surface area contributed by atoms with Crippen molar-refractivity contribution >= 4 is 71.4 Å². The summed E-state index contributed by atoms with van der Waals surface area (Å²) in [5, 5.41) is 103. The summed E-state index contributed by atoms with van der Waals surface area (Å²) in [6.45, 7) is 1.06. The van der Waals surface area contributed by atoms with Crippen molar-refractivity contribution in [1.82, 2.24) is 26.8 Å². The van der Waals surface area contributed by atoms with Crippen molar-refractivity contribution in [3.63, 3.8) is 0 Å². The summed E-state index contributed by atoms with van der Waals surface area (Å²) in [7, 11) is 0. The SMILES string of the molecule is CC(=O)NNC(CCC(=O)NC(CCC(=O)O)(CCC(=O)O)CCC(=O)O)(CCC(=O)NC(CCC(=O)O)(CCC(=O)O)CCC(=O)O)CCC(=O)NC(CCC(=O)O)(CCC(=O)O)CCC(O)O. The highest BCUT2D eigenvalue weighted by Crippen LogP contribution is 2.32. The van der Waals surface area contributed by atoms with Gasteiger partial charge in [0.2, 0.25) is 23.6 Å². The van der Waals surface area contributed by atoms with E-state index in [-0.39, 0.29) is 19.3 Å². The van der Waals surface area contributed by atoms with Crippen molar-refractivity contribution < 1.29 is 109 Å². The summed E-state index contributed by atoms with van der Waals surface area (Å²) in [5.74, 6) is -14.2. The van der Waals surface area contributed by atoms with E-state index in [2.05, 4.69) is 26.8 Å². The zero-order chi connectivity index (χ0) is 53.0. The number of hydrogen-bond acceptors (Lipinski definition) is 15. The first-order valence-corrected chi connectivity index (χ1v) is 22.0. The topological polar surface area (TPSA) is 467 Å². The van der Waals surface area contributed by atoms with Crippen LogP contribution in [0.4, 0.5) is 0 Å². The van der Waals surface area contributed by atoms with E-state index in [1.807, 2.05) is 0 Å². The number of carboxylic acids is 8. The quantitative estimate of drug-likeness (QED) is 0.0289. The maximum atomic E-state index is 13.9. The summed E-state index contributed by atoms with van der Waals surface area (Å²) in [4.78, 5) is 147. The molecule has 27 heteroatoms. The number of nitrogens with one attached hydrogen (secondary N) is 5. The lowest BCUT2D eigenvalue weighted by molar-refractivity contribution is -0.141. The highest BCUT2D eigenvalue weighted by atomic mass is 16.5. The normalized spacial score (nSPS) is 11.8. The number of aliphatic hydroxyl groups excluding tert-OH is 1. The fourth-order valence-electron chi connectivity index (χ4n) is 7.78. The molecule has 0 bridgehead atoms. The number of hydrogen-bond donors (Lipinski definition) is 15. The number of aliphatic hydroxyl groups is 2. The molecule has 0 heterocycles. The molecule has 0 aromatic rings. The Hall–Kier alpha value is -6.48. The highest BCUT2D eigenvalue weighted by molar-refractivity contribution is 5.80. The molecule has 0 aliphatic carbocycles. The molecule has 27 nitrogen and oxygen atoms in total. The zero-order valence-corrected chi connectivity index (χ0v) is 38.4. The van der Waals surface area contributed by atoms with Crippen LogP contribution >= 0.6 is 0 Å². The molecule has 0 fully saturated rings. The van der Waals surface area contributed by atoms with Crippen LogP contribution in [0, 0.1) is 0 Å². The Labute approximate surface area is 395 Å². The lowest BCUT2D eigenvalue weighted by Gasteiger charge is -2.39. The van der Waals surface area contributed by atoms with E-state index < -0.39 is 235 Å². The number of carbonyl (C=O) groups excluding carboxylic acids is 4. The van der Waals surface area contributed by atoms with Gasteiger partial charge < -0.3 is 67.0 Å². The lowest BCUT2D eigenvalue weighted by Crippen LogP contribution is -2.57. The number of aliphatic carboxylic acids is 8. The number of carbonyl (C=O) groups is 12. The predicted octanol–water partition coefficient (Wildman–Crippen LogP) is 0.281. The van der Waals surface area contributed by atoms with Gasteiger partial charge in [0.25, 0.3) is 0 Å². The first kappa shape index (κ1) is 62.5. The minimum absolute atomic E-state index is 0.312. The van der Waals surface area contributed by atoms with Crippen LogP contribution in [0.2, 0.25) is 0 Å². The third-order valence-corrected chi connectivity index (χ3v) is 11.6. The summed E-state index contributed by atoms with van der Waals surface area (Å²) in [5.41, 5.74) is -1.70. The molecule has 69 heavy (non-hydrogen) atoms. The average Bonchev–Trinajstić information content (AvgIpc) is 3.24. The maximum absolute atomic E-state index is 13.9.